The Morgan fingerprint density at radius 1 is 1.44 bits per heavy atom. The van der Waals surface area contributed by atoms with Crippen molar-refractivity contribution in [2.75, 3.05) is 6.54 Å². The minimum atomic E-state index is -3.53. The van der Waals surface area contributed by atoms with Crippen molar-refractivity contribution in [2.24, 2.45) is 5.73 Å². The van der Waals surface area contributed by atoms with Gasteiger partial charge in [-0.15, -0.1) is 0 Å². The molecule has 1 aromatic heterocycles. The summed E-state index contributed by atoms with van der Waals surface area (Å²) in [5, 5.41) is 0.0967. The maximum Gasteiger partial charge on any atom is 0.257 e. The van der Waals surface area contributed by atoms with Crippen LogP contribution in [0, 0.1) is 6.92 Å². The lowest BCUT2D eigenvalue weighted by Gasteiger charge is -2.33. The molecule has 18 heavy (non-hydrogen) atoms. The smallest absolute Gasteiger partial charge is 0.257 e. The van der Waals surface area contributed by atoms with Gasteiger partial charge in [0.15, 0.2) is 5.03 Å². The van der Waals surface area contributed by atoms with Gasteiger partial charge in [-0.25, -0.2) is 18.1 Å². The zero-order valence-electron chi connectivity index (χ0n) is 10.6. The molecule has 6 nitrogen and oxygen atoms in total. The number of sulfonamides is 1. The van der Waals surface area contributed by atoms with Gasteiger partial charge in [-0.2, -0.15) is 0 Å². The number of H-pyrrole nitrogens is 1. The van der Waals surface area contributed by atoms with E-state index in [0.29, 0.717) is 5.82 Å². The van der Waals surface area contributed by atoms with E-state index >= 15 is 0 Å². The van der Waals surface area contributed by atoms with Gasteiger partial charge in [0, 0.05) is 12.1 Å². The van der Waals surface area contributed by atoms with Crippen LogP contribution in [0.25, 0.3) is 0 Å². The largest absolute Gasteiger partial charge is 0.332 e. The Balaban J connectivity index is 2.01. The number of rotatable bonds is 4. The number of nitrogens with zero attached hydrogens (tertiary/aromatic N) is 1. The fourth-order valence-electron chi connectivity index (χ4n) is 2.28. The SMILES string of the molecule is Cc1ncc(S(=O)(=O)NCC2(N)CCCCC2)[nH]1. The number of aryl methyl sites for hydroxylation is 1. The van der Waals surface area contributed by atoms with Crippen LogP contribution in [0.15, 0.2) is 11.2 Å². The molecule has 0 amide bonds. The number of hydrogen-bond acceptors (Lipinski definition) is 4. The van der Waals surface area contributed by atoms with Crippen LogP contribution in [0.5, 0.6) is 0 Å². The lowest BCUT2D eigenvalue weighted by molar-refractivity contribution is 0.296. The molecule has 0 atom stereocenters. The first kappa shape index (κ1) is 13.5. The monoisotopic (exact) mass is 272 g/mol. The molecule has 1 fully saturated rings. The van der Waals surface area contributed by atoms with Crippen molar-refractivity contribution in [1.82, 2.24) is 14.7 Å². The summed E-state index contributed by atoms with van der Waals surface area (Å²) in [6, 6.07) is 0. The summed E-state index contributed by atoms with van der Waals surface area (Å²) in [7, 11) is -3.53. The molecule has 0 bridgehead atoms. The van der Waals surface area contributed by atoms with Gasteiger partial charge >= 0.3 is 0 Å². The Labute approximate surface area is 107 Å². The van der Waals surface area contributed by atoms with Gasteiger partial charge in [0.2, 0.25) is 0 Å². The minimum absolute atomic E-state index is 0.0967. The van der Waals surface area contributed by atoms with Crippen molar-refractivity contribution in [3.8, 4) is 0 Å². The Kier molecular flexibility index (Phi) is 3.74. The predicted molar refractivity (Wildman–Crippen MR) is 68.5 cm³/mol. The summed E-state index contributed by atoms with van der Waals surface area (Å²) >= 11 is 0. The van der Waals surface area contributed by atoms with Crippen LogP contribution in [0.1, 0.15) is 37.9 Å². The maximum atomic E-state index is 12.0. The standard InChI is InChI=1S/C11H20N4O2S/c1-9-13-7-10(15-9)18(16,17)14-8-11(12)5-3-2-4-6-11/h7,14H,2-6,8,12H2,1H3,(H,13,15). The van der Waals surface area contributed by atoms with E-state index in [1.165, 1.54) is 12.6 Å². The maximum absolute atomic E-state index is 12.0. The van der Waals surface area contributed by atoms with E-state index in [4.69, 9.17) is 5.73 Å². The highest BCUT2D eigenvalue weighted by atomic mass is 32.2. The second-order valence-electron chi connectivity index (χ2n) is 5.08. The highest BCUT2D eigenvalue weighted by molar-refractivity contribution is 7.89. The van der Waals surface area contributed by atoms with Gasteiger partial charge < -0.3 is 10.7 Å². The van der Waals surface area contributed by atoms with Crippen LogP contribution in [-0.2, 0) is 10.0 Å². The minimum Gasteiger partial charge on any atom is -0.332 e. The Morgan fingerprint density at radius 2 is 2.11 bits per heavy atom. The van der Waals surface area contributed by atoms with Crippen molar-refractivity contribution in [1.29, 1.82) is 0 Å². The molecule has 0 saturated heterocycles. The summed E-state index contributed by atoms with van der Waals surface area (Å²) < 4.78 is 26.6. The molecule has 0 spiro atoms. The number of nitrogens with two attached hydrogens (primary N) is 1. The fourth-order valence-corrected chi connectivity index (χ4v) is 3.39. The number of imidazole rings is 1. The van der Waals surface area contributed by atoms with Crippen LogP contribution >= 0.6 is 0 Å². The molecule has 0 aliphatic heterocycles. The molecule has 0 unspecified atom stereocenters. The van der Waals surface area contributed by atoms with E-state index in [0.717, 1.165) is 25.7 Å². The fraction of sp³-hybridized carbons (Fsp3) is 0.727. The first-order valence-corrected chi connectivity index (χ1v) is 7.70. The van der Waals surface area contributed by atoms with Gasteiger partial charge in [0.05, 0.1) is 6.20 Å². The quantitative estimate of drug-likeness (QED) is 0.749. The van der Waals surface area contributed by atoms with Crippen LogP contribution < -0.4 is 10.5 Å². The molecular weight excluding hydrogens is 252 g/mol. The molecule has 4 N–H and O–H groups in total. The van der Waals surface area contributed by atoms with Gasteiger partial charge in [-0.05, 0) is 19.8 Å². The second-order valence-corrected chi connectivity index (χ2v) is 6.82. The summed E-state index contributed by atoms with van der Waals surface area (Å²) in [5.74, 6) is 0.579. The highest BCUT2D eigenvalue weighted by Gasteiger charge is 2.29. The van der Waals surface area contributed by atoms with Crippen LogP contribution in [0.3, 0.4) is 0 Å². The third-order valence-electron chi connectivity index (χ3n) is 3.43. The molecule has 1 saturated carbocycles. The zero-order chi connectivity index (χ0) is 13.2. The Hall–Kier alpha value is -0.920. The highest BCUT2D eigenvalue weighted by Crippen LogP contribution is 2.25. The van der Waals surface area contributed by atoms with E-state index in [1.807, 2.05) is 0 Å². The molecule has 102 valence electrons. The normalized spacial score (nSPS) is 19.9. The average Bonchev–Trinajstić information content (AvgIpc) is 2.76. The predicted octanol–water partition coefficient (Wildman–Crippen LogP) is 0.658. The van der Waals surface area contributed by atoms with Crippen LogP contribution in [-0.4, -0.2) is 30.5 Å². The van der Waals surface area contributed by atoms with Gasteiger partial charge in [0.1, 0.15) is 5.82 Å². The molecule has 2 rings (SSSR count). The summed E-state index contributed by atoms with van der Waals surface area (Å²) in [6.07, 6.45) is 6.39. The van der Waals surface area contributed by atoms with E-state index in [2.05, 4.69) is 14.7 Å². The number of aromatic amines is 1. The van der Waals surface area contributed by atoms with Gasteiger partial charge in [-0.1, -0.05) is 19.3 Å². The van der Waals surface area contributed by atoms with Crippen molar-refractivity contribution in [3.05, 3.63) is 12.0 Å². The number of aromatic nitrogens is 2. The molecule has 1 aliphatic carbocycles. The van der Waals surface area contributed by atoms with Gasteiger partial charge in [0.25, 0.3) is 10.0 Å². The number of nitrogens with one attached hydrogen (secondary N) is 2. The first-order valence-electron chi connectivity index (χ1n) is 6.21. The summed E-state index contributed by atoms with van der Waals surface area (Å²) in [6.45, 7) is 2.00. The third-order valence-corrected chi connectivity index (χ3v) is 4.74. The van der Waals surface area contributed by atoms with E-state index in [-0.39, 0.29) is 11.6 Å². The lowest BCUT2D eigenvalue weighted by Crippen LogP contribution is -2.51. The molecule has 7 heteroatoms. The zero-order valence-corrected chi connectivity index (χ0v) is 11.4. The average molecular weight is 272 g/mol. The third kappa shape index (κ3) is 3.09. The molecule has 1 aromatic rings. The van der Waals surface area contributed by atoms with E-state index < -0.39 is 15.6 Å². The van der Waals surface area contributed by atoms with Crippen molar-refractivity contribution in [3.63, 3.8) is 0 Å². The van der Waals surface area contributed by atoms with Crippen molar-refractivity contribution in [2.45, 2.75) is 49.6 Å². The molecule has 1 heterocycles. The topological polar surface area (TPSA) is 101 Å². The molecular formula is C11H20N4O2S. The Bertz CT molecular complexity index is 503. The van der Waals surface area contributed by atoms with E-state index in [1.54, 1.807) is 6.92 Å². The first-order chi connectivity index (χ1) is 8.41. The molecule has 1 aliphatic rings. The van der Waals surface area contributed by atoms with Gasteiger partial charge in [-0.3, -0.25) is 0 Å². The Morgan fingerprint density at radius 3 is 2.67 bits per heavy atom. The second kappa shape index (κ2) is 4.99. The van der Waals surface area contributed by atoms with Crippen molar-refractivity contribution >= 4 is 10.0 Å². The number of hydrogen-bond donors (Lipinski definition) is 3. The summed E-state index contributed by atoms with van der Waals surface area (Å²) in [5.41, 5.74) is 5.79. The van der Waals surface area contributed by atoms with Crippen LogP contribution in [0.2, 0.25) is 0 Å². The lowest BCUT2D eigenvalue weighted by atomic mass is 9.83. The van der Waals surface area contributed by atoms with E-state index in [9.17, 15) is 8.42 Å². The molecule has 0 aromatic carbocycles. The van der Waals surface area contributed by atoms with Crippen LogP contribution in [0.4, 0.5) is 0 Å². The van der Waals surface area contributed by atoms with Crippen molar-refractivity contribution < 1.29 is 8.42 Å². The summed E-state index contributed by atoms with van der Waals surface area (Å²) in [4.78, 5) is 6.60. The molecule has 0 radical (unpaired) electrons.